The number of halogens is 3. The first-order valence-corrected chi connectivity index (χ1v) is 7.44. The van der Waals surface area contributed by atoms with Crippen LogP contribution in [0, 0.1) is 5.92 Å². The Bertz CT molecular complexity index is 680. The Balaban J connectivity index is 1.55. The second-order valence-electron chi connectivity index (χ2n) is 5.77. The number of hydrogen-bond donors (Lipinski definition) is 1. The number of nitrogens with one attached hydrogen (secondary N) is 1. The molecule has 0 radical (unpaired) electrons. The van der Waals surface area contributed by atoms with Crippen LogP contribution in [0.15, 0.2) is 54.6 Å². The van der Waals surface area contributed by atoms with E-state index >= 15 is 0 Å². The van der Waals surface area contributed by atoms with Crippen molar-refractivity contribution in [3.8, 4) is 0 Å². The maximum atomic E-state index is 12.5. The Kier molecular flexibility index (Phi) is 4.11. The molecule has 1 aliphatic carbocycles. The number of carbonyl (C=O) groups is 1. The molecule has 0 spiro atoms. The second kappa shape index (κ2) is 6.07. The predicted octanol–water partition coefficient (Wildman–Crippen LogP) is 4.13. The SMILES string of the molecule is O=C(NCc1ccccc1)C1CC1c1ccc(C(F)(F)F)cc1. The quantitative estimate of drug-likeness (QED) is 0.902. The lowest BCUT2D eigenvalue weighted by Crippen LogP contribution is -2.24. The van der Waals surface area contributed by atoms with Crippen molar-refractivity contribution < 1.29 is 18.0 Å². The lowest BCUT2D eigenvalue weighted by molar-refractivity contribution is -0.137. The van der Waals surface area contributed by atoms with Crippen molar-refractivity contribution in [1.29, 1.82) is 0 Å². The number of hydrogen-bond acceptors (Lipinski definition) is 1. The van der Waals surface area contributed by atoms with Crippen LogP contribution in [0.4, 0.5) is 13.2 Å². The highest BCUT2D eigenvalue weighted by atomic mass is 19.4. The highest BCUT2D eigenvalue weighted by molar-refractivity contribution is 5.82. The summed E-state index contributed by atoms with van der Waals surface area (Å²) in [6.45, 7) is 0.468. The van der Waals surface area contributed by atoms with Gasteiger partial charge in [-0.05, 0) is 35.6 Å². The van der Waals surface area contributed by atoms with Gasteiger partial charge in [-0.2, -0.15) is 13.2 Å². The summed E-state index contributed by atoms with van der Waals surface area (Å²) in [6, 6.07) is 14.7. The van der Waals surface area contributed by atoms with Crippen LogP contribution in [0.5, 0.6) is 0 Å². The normalized spacial score (nSPS) is 20.1. The molecule has 1 fully saturated rings. The van der Waals surface area contributed by atoms with Gasteiger partial charge in [0.1, 0.15) is 0 Å². The molecule has 2 aromatic carbocycles. The van der Waals surface area contributed by atoms with Crippen LogP contribution in [0.3, 0.4) is 0 Å². The monoisotopic (exact) mass is 319 g/mol. The van der Waals surface area contributed by atoms with E-state index in [9.17, 15) is 18.0 Å². The fourth-order valence-corrected chi connectivity index (χ4v) is 2.69. The van der Waals surface area contributed by atoms with E-state index in [1.165, 1.54) is 12.1 Å². The zero-order valence-electron chi connectivity index (χ0n) is 12.3. The molecule has 23 heavy (non-hydrogen) atoms. The molecule has 1 N–H and O–H groups in total. The van der Waals surface area contributed by atoms with Gasteiger partial charge in [0.15, 0.2) is 0 Å². The van der Waals surface area contributed by atoms with Gasteiger partial charge in [0.05, 0.1) is 5.56 Å². The summed E-state index contributed by atoms with van der Waals surface area (Å²) in [4.78, 5) is 12.1. The third kappa shape index (κ3) is 3.73. The molecule has 2 unspecified atom stereocenters. The van der Waals surface area contributed by atoms with E-state index < -0.39 is 11.7 Å². The molecule has 1 amide bonds. The summed E-state index contributed by atoms with van der Waals surface area (Å²) in [5.41, 5.74) is 1.15. The predicted molar refractivity (Wildman–Crippen MR) is 80.6 cm³/mol. The number of benzene rings is 2. The molecule has 120 valence electrons. The topological polar surface area (TPSA) is 29.1 Å². The number of amides is 1. The summed E-state index contributed by atoms with van der Waals surface area (Å²) in [7, 11) is 0. The fourth-order valence-electron chi connectivity index (χ4n) is 2.69. The van der Waals surface area contributed by atoms with Crippen molar-refractivity contribution in [2.45, 2.75) is 25.1 Å². The Labute approximate surface area is 132 Å². The van der Waals surface area contributed by atoms with Crippen LogP contribution in [0.2, 0.25) is 0 Å². The molecule has 0 bridgehead atoms. The van der Waals surface area contributed by atoms with Crippen LogP contribution in [0.1, 0.15) is 29.0 Å². The van der Waals surface area contributed by atoms with Crippen LogP contribution < -0.4 is 5.32 Å². The minimum absolute atomic E-state index is 0.0213. The smallest absolute Gasteiger partial charge is 0.352 e. The molecule has 2 aromatic rings. The maximum Gasteiger partial charge on any atom is 0.416 e. The van der Waals surface area contributed by atoms with E-state index in [-0.39, 0.29) is 17.7 Å². The number of alkyl halides is 3. The first-order chi connectivity index (χ1) is 10.9. The molecule has 0 aliphatic heterocycles. The molecular formula is C18H16F3NO. The standard InChI is InChI=1S/C18H16F3NO/c19-18(20,21)14-8-6-13(7-9-14)15-10-16(15)17(23)22-11-12-4-2-1-3-5-12/h1-9,15-16H,10-11H2,(H,22,23). The van der Waals surface area contributed by atoms with Crippen molar-refractivity contribution in [3.63, 3.8) is 0 Å². The second-order valence-corrected chi connectivity index (χ2v) is 5.77. The Hall–Kier alpha value is -2.30. The molecule has 2 atom stereocenters. The summed E-state index contributed by atoms with van der Waals surface area (Å²) in [5, 5.41) is 2.88. The van der Waals surface area contributed by atoms with Gasteiger partial charge in [0, 0.05) is 12.5 Å². The van der Waals surface area contributed by atoms with Crippen LogP contribution in [-0.4, -0.2) is 5.91 Å². The molecule has 0 saturated heterocycles. The minimum atomic E-state index is -4.32. The molecular weight excluding hydrogens is 303 g/mol. The van der Waals surface area contributed by atoms with E-state index in [1.54, 1.807) is 0 Å². The Morgan fingerprint density at radius 2 is 1.70 bits per heavy atom. The maximum absolute atomic E-state index is 12.5. The summed E-state index contributed by atoms with van der Waals surface area (Å²) in [5.74, 6) is -0.165. The van der Waals surface area contributed by atoms with Gasteiger partial charge in [-0.3, -0.25) is 4.79 Å². The molecule has 1 aliphatic rings. The van der Waals surface area contributed by atoms with Crippen LogP contribution >= 0.6 is 0 Å². The average molecular weight is 319 g/mol. The largest absolute Gasteiger partial charge is 0.416 e. The average Bonchev–Trinajstić information content (AvgIpc) is 3.34. The van der Waals surface area contributed by atoms with Crippen molar-refractivity contribution in [1.82, 2.24) is 5.32 Å². The number of rotatable bonds is 4. The van der Waals surface area contributed by atoms with E-state index in [0.29, 0.717) is 13.0 Å². The van der Waals surface area contributed by atoms with Gasteiger partial charge in [-0.15, -0.1) is 0 Å². The van der Waals surface area contributed by atoms with Crippen molar-refractivity contribution in [3.05, 3.63) is 71.3 Å². The molecule has 3 rings (SSSR count). The van der Waals surface area contributed by atoms with E-state index in [1.807, 2.05) is 30.3 Å². The first kappa shape index (κ1) is 15.6. The van der Waals surface area contributed by atoms with E-state index in [2.05, 4.69) is 5.32 Å². The van der Waals surface area contributed by atoms with Crippen molar-refractivity contribution in [2.24, 2.45) is 5.92 Å². The summed E-state index contributed by atoms with van der Waals surface area (Å²) >= 11 is 0. The minimum Gasteiger partial charge on any atom is -0.352 e. The Morgan fingerprint density at radius 3 is 2.30 bits per heavy atom. The fraction of sp³-hybridized carbons (Fsp3) is 0.278. The first-order valence-electron chi connectivity index (χ1n) is 7.44. The van der Waals surface area contributed by atoms with Gasteiger partial charge in [0.25, 0.3) is 0 Å². The highest BCUT2D eigenvalue weighted by Crippen LogP contribution is 2.48. The van der Waals surface area contributed by atoms with Gasteiger partial charge in [-0.25, -0.2) is 0 Å². The third-order valence-electron chi connectivity index (χ3n) is 4.10. The van der Waals surface area contributed by atoms with Gasteiger partial charge >= 0.3 is 6.18 Å². The third-order valence-corrected chi connectivity index (χ3v) is 4.10. The van der Waals surface area contributed by atoms with E-state index in [4.69, 9.17) is 0 Å². The van der Waals surface area contributed by atoms with Gasteiger partial charge in [-0.1, -0.05) is 42.5 Å². The zero-order valence-corrected chi connectivity index (χ0v) is 12.3. The molecule has 5 heteroatoms. The van der Waals surface area contributed by atoms with Crippen LogP contribution in [-0.2, 0) is 17.5 Å². The zero-order chi connectivity index (χ0) is 16.4. The van der Waals surface area contributed by atoms with Gasteiger partial charge in [0.2, 0.25) is 5.91 Å². The molecule has 0 heterocycles. The lowest BCUT2D eigenvalue weighted by Gasteiger charge is -2.08. The molecule has 0 aromatic heterocycles. The molecule has 1 saturated carbocycles. The Morgan fingerprint density at radius 1 is 1.04 bits per heavy atom. The van der Waals surface area contributed by atoms with Crippen LogP contribution in [0.25, 0.3) is 0 Å². The molecule has 2 nitrogen and oxygen atoms in total. The van der Waals surface area contributed by atoms with Crippen molar-refractivity contribution in [2.75, 3.05) is 0 Å². The lowest BCUT2D eigenvalue weighted by atomic mass is 10.1. The summed E-state index contributed by atoms with van der Waals surface area (Å²) in [6.07, 6.45) is -3.64. The summed E-state index contributed by atoms with van der Waals surface area (Å²) < 4.78 is 37.6. The highest BCUT2D eigenvalue weighted by Gasteiger charge is 2.44. The van der Waals surface area contributed by atoms with E-state index in [0.717, 1.165) is 23.3 Å². The number of carbonyl (C=O) groups excluding carboxylic acids is 1. The van der Waals surface area contributed by atoms with Gasteiger partial charge < -0.3 is 5.32 Å². The van der Waals surface area contributed by atoms with Crippen molar-refractivity contribution >= 4 is 5.91 Å².